The van der Waals surface area contributed by atoms with Crippen molar-refractivity contribution in [2.75, 3.05) is 13.1 Å². The van der Waals surface area contributed by atoms with Crippen LogP contribution in [0.1, 0.15) is 40.8 Å². The van der Waals surface area contributed by atoms with E-state index in [2.05, 4.69) is 4.98 Å². The highest BCUT2D eigenvalue weighted by Gasteiger charge is 2.27. The van der Waals surface area contributed by atoms with Gasteiger partial charge in [-0.3, -0.25) is 9.78 Å². The summed E-state index contributed by atoms with van der Waals surface area (Å²) in [6.07, 6.45) is 3.27. The van der Waals surface area contributed by atoms with Crippen molar-refractivity contribution in [2.24, 2.45) is 0 Å². The van der Waals surface area contributed by atoms with Crippen molar-refractivity contribution in [3.05, 3.63) is 71.8 Å². The highest BCUT2D eigenvalue weighted by atomic mass is 19.1. The van der Waals surface area contributed by atoms with Crippen molar-refractivity contribution in [1.29, 1.82) is 0 Å². The van der Waals surface area contributed by atoms with Gasteiger partial charge >= 0.3 is 0 Å². The Labute approximate surface area is 156 Å². The monoisotopic (exact) mass is 365 g/mol. The minimum atomic E-state index is -0.281. The average Bonchev–Trinajstić information content (AvgIpc) is 3.14. The number of aromatic nitrogens is 2. The summed E-state index contributed by atoms with van der Waals surface area (Å²) in [6, 6.07) is 12.2. The van der Waals surface area contributed by atoms with E-state index in [9.17, 15) is 9.18 Å². The fourth-order valence-corrected chi connectivity index (χ4v) is 3.51. The lowest BCUT2D eigenvalue weighted by molar-refractivity contribution is 0.0700. The van der Waals surface area contributed by atoms with Crippen LogP contribution in [0.5, 0.6) is 0 Å². The van der Waals surface area contributed by atoms with Crippen molar-refractivity contribution in [2.45, 2.75) is 25.7 Å². The molecule has 1 fully saturated rings. The van der Waals surface area contributed by atoms with E-state index in [1.54, 1.807) is 13.0 Å². The summed E-state index contributed by atoms with van der Waals surface area (Å²) in [4.78, 5) is 23.3. The van der Waals surface area contributed by atoms with Crippen molar-refractivity contribution in [1.82, 2.24) is 14.9 Å². The fraction of sp³-hybridized carbons (Fsp3) is 0.286. The molecule has 0 saturated carbocycles. The highest BCUT2D eigenvalue weighted by Crippen LogP contribution is 2.28. The van der Waals surface area contributed by atoms with Gasteiger partial charge in [0.05, 0.1) is 5.69 Å². The van der Waals surface area contributed by atoms with Crippen LogP contribution >= 0.6 is 0 Å². The molecule has 1 aliphatic heterocycles. The van der Waals surface area contributed by atoms with Crippen LogP contribution in [0, 0.1) is 12.7 Å². The van der Waals surface area contributed by atoms with E-state index in [0.717, 1.165) is 29.8 Å². The van der Waals surface area contributed by atoms with Crippen LogP contribution in [0.2, 0.25) is 0 Å². The van der Waals surface area contributed by atoms with Crippen molar-refractivity contribution in [3.63, 3.8) is 0 Å². The molecule has 1 aliphatic rings. The molecule has 5 nitrogen and oxygen atoms in total. The molecule has 138 valence electrons. The third kappa shape index (κ3) is 3.74. The number of nitrogens with zero attached hydrogens (tertiary/aromatic N) is 3. The van der Waals surface area contributed by atoms with Gasteiger partial charge in [0.1, 0.15) is 12.1 Å². The van der Waals surface area contributed by atoms with Gasteiger partial charge < -0.3 is 9.32 Å². The number of rotatable bonds is 3. The van der Waals surface area contributed by atoms with Gasteiger partial charge in [0, 0.05) is 37.2 Å². The normalized spacial score (nSPS) is 17.1. The Morgan fingerprint density at radius 2 is 2.07 bits per heavy atom. The number of hydrogen-bond acceptors (Lipinski definition) is 4. The number of oxazole rings is 1. The van der Waals surface area contributed by atoms with E-state index in [0.29, 0.717) is 24.7 Å². The topological polar surface area (TPSA) is 59.2 Å². The maximum Gasteiger partial charge on any atom is 0.275 e. The van der Waals surface area contributed by atoms with Crippen molar-refractivity contribution in [3.8, 4) is 11.3 Å². The summed E-state index contributed by atoms with van der Waals surface area (Å²) in [5.41, 5.74) is 2.75. The number of hydrogen-bond donors (Lipinski definition) is 0. The lowest BCUT2D eigenvalue weighted by Gasteiger charge is -2.32. The molecule has 0 N–H and O–H groups in total. The maximum absolute atomic E-state index is 13.5. The first-order chi connectivity index (χ1) is 13.1. The summed E-state index contributed by atoms with van der Waals surface area (Å²) in [6.45, 7) is 3.01. The molecule has 1 amide bonds. The molecule has 0 spiro atoms. The molecule has 6 heteroatoms. The lowest BCUT2D eigenvalue weighted by atomic mass is 9.93. The number of aryl methyl sites for hydroxylation is 1. The number of likely N-dealkylation sites (tertiary alicyclic amines) is 1. The van der Waals surface area contributed by atoms with E-state index in [1.165, 1.54) is 18.4 Å². The molecule has 0 radical (unpaired) electrons. The first kappa shape index (κ1) is 17.4. The maximum atomic E-state index is 13.5. The zero-order valence-corrected chi connectivity index (χ0v) is 15.1. The second-order valence-corrected chi connectivity index (χ2v) is 6.80. The minimum absolute atomic E-state index is 0.113. The molecular formula is C21H20FN3O2. The number of carbonyl (C=O) groups is 1. The van der Waals surface area contributed by atoms with Gasteiger partial charge in [-0.15, -0.1) is 0 Å². The Balaban J connectivity index is 1.55. The smallest absolute Gasteiger partial charge is 0.275 e. The number of pyridine rings is 1. The predicted molar refractivity (Wildman–Crippen MR) is 98.7 cm³/mol. The zero-order chi connectivity index (χ0) is 18.8. The molecule has 0 bridgehead atoms. The Bertz CT molecular complexity index is 969. The van der Waals surface area contributed by atoms with E-state index in [-0.39, 0.29) is 17.6 Å². The highest BCUT2D eigenvalue weighted by molar-refractivity contribution is 5.92. The predicted octanol–water partition coefficient (Wildman–Crippen LogP) is 4.20. The number of benzene rings is 1. The van der Waals surface area contributed by atoms with Gasteiger partial charge in [-0.25, -0.2) is 9.37 Å². The standard InChI is InChI=1S/C21H20FN3O2/c1-14-23-20(13-27-14)21(26)25-10-4-6-16(12-25)19-9-3-8-18(24-19)15-5-2-7-17(22)11-15/h2-3,5,7-9,11,13,16H,4,6,10,12H2,1H3. The SMILES string of the molecule is Cc1nc(C(=O)N2CCCC(c3cccc(-c4cccc(F)c4)n3)C2)co1. The molecule has 1 saturated heterocycles. The Kier molecular flexibility index (Phi) is 4.71. The summed E-state index contributed by atoms with van der Waals surface area (Å²) in [5.74, 6) is 0.232. The van der Waals surface area contributed by atoms with Crippen LogP contribution in [-0.2, 0) is 0 Å². The first-order valence-electron chi connectivity index (χ1n) is 9.04. The largest absolute Gasteiger partial charge is 0.448 e. The molecule has 3 heterocycles. The van der Waals surface area contributed by atoms with Crippen LogP contribution in [-0.4, -0.2) is 33.9 Å². The number of amides is 1. The fourth-order valence-electron chi connectivity index (χ4n) is 3.51. The number of halogens is 1. The van der Waals surface area contributed by atoms with Crippen molar-refractivity contribution >= 4 is 5.91 Å². The molecule has 2 aromatic heterocycles. The molecule has 1 aromatic carbocycles. The number of carbonyl (C=O) groups excluding carboxylic acids is 1. The molecule has 0 aliphatic carbocycles. The summed E-state index contributed by atoms with van der Waals surface area (Å²) >= 11 is 0. The molecular weight excluding hydrogens is 345 g/mol. The van der Waals surface area contributed by atoms with E-state index >= 15 is 0 Å². The molecule has 27 heavy (non-hydrogen) atoms. The van der Waals surface area contributed by atoms with E-state index in [1.807, 2.05) is 29.2 Å². The molecule has 1 unspecified atom stereocenters. The quantitative estimate of drug-likeness (QED) is 0.698. The van der Waals surface area contributed by atoms with E-state index < -0.39 is 0 Å². The number of piperidine rings is 1. The molecule has 3 aromatic rings. The third-order valence-corrected chi connectivity index (χ3v) is 4.86. The molecule has 4 rings (SSSR count). The second-order valence-electron chi connectivity index (χ2n) is 6.80. The van der Waals surface area contributed by atoms with Gasteiger partial charge in [-0.2, -0.15) is 0 Å². The van der Waals surface area contributed by atoms with Gasteiger partial charge in [-0.05, 0) is 37.1 Å². The summed E-state index contributed by atoms with van der Waals surface area (Å²) in [5, 5.41) is 0. The van der Waals surface area contributed by atoms with Crippen LogP contribution in [0.4, 0.5) is 4.39 Å². The van der Waals surface area contributed by atoms with Crippen LogP contribution < -0.4 is 0 Å². The Morgan fingerprint density at radius 3 is 2.85 bits per heavy atom. The third-order valence-electron chi connectivity index (χ3n) is 4.86. The zero-order valence-electron chi connectivity index (χ0n) is 15.1. The van der Waals surface area contributed by atoms with Crippen LogP contribution in [0.15, 0.2) is 53.1 Å². The summed E-state index contributed by atoms with van der Waals surface area (Å²) < 4.78 is 18.7. The van der Waals surface area contributed by atoms with Gasteiger partial charge in [0.2, 0.25) is 0 Å². The average molecular weight is 365 g/mol. The summed E-state index contributed by atoms with van der Waals surface area (Å²) in [7, 11) is 0. The van der Waals surface area contributed by atoms with Gasteiger partial charge in [0.15, 0.2) is 11.6 Å². The van der Waals surface area contributed by atoms with Crippen LogP contribution in [0.3, 0.4) is 0 Å². The molecule has 1 atom stereocenters. The van der Waals surface area contributed by atoms with Crippen LogP contribution in [0.25, 0.3) is 11.3 Å². The first-order valence-corrected chi connectivity index (χ1v) is 9.04. The second kappa shape index (κ2) is 7.31. The van der Waals surface area contributed by atoms with E-state index in [4.69, 9.17) is 9.40 Å². The minimum Gasteiger partial charge on any atom is -0.448 e. The Morgan fingerprint density at radius 1 is 1.22 bits per heavy atom. The van der Waals surface area contributed by atoms with Crippen molar-refractivity contribution < 1.29 is 13.6 Å². The Hall–Kier alpha value is -3.02. The van der Waals surface area contributed by atoms with Gasteiger partial charge in [-0.1, -0.05) is 18.2 Å². The van der Waals surface area contributed by atoms with Gasteiger partial charge in [0.25, 0.3) is 5.91 Å². The lowest BCUT2D eigenvalue weighted by Crippen LogP contribution is -2.39.